The standard InChI is InChI=1S/C17H25NO2.CH4O/c1-13-10-11-15(12-14-8-6-5-7-9-14)18(13)16(19)20-17(2,3)4;1-2/h5-9,13,15H,10-12H2,1-4H3;2H,1H3. The van der Waals surface area contributed by atoms with Crippen LogP contribution in [-0.2, 0) is 11.2 Å². The number of amides is 1. The van der Waals surface area contributed by atoms with Gasteiger partial charge in [0.05, 0.1) is 0 Å². The van der Waals surface area contributed by atoms with E-state index in [4.69, 9.17) is 9.84 Å². The van der Waals surface area contributed by atoms with Gasteiger partial charge in [-0.15, -0.1) is 0 Å². The molecule has 1 heterocycles. The Morgan fingerprint density at radius 3 is 2.36 bits per heavy atom. The number of likely N-dealkylation sites (tertiary alicyclic amines) is 1. The van der Waals surface area contributed by atoms with Gasteiger partial charge in [-0.2, -0.15) is 0 Å². The van der Waals surface area contributed by atoms with Crippen LogP contribution in [0.25, 0.3) is 0 Å². The fraction of sp³-hybridized carbons (Fsp3) is 0.611. The highest BCUT2D eigenvalue weighted by Gasteiger charge is 2.36. The van der Waals surface area contributed by atoms with E-state index in [0.717, 1.165) is 26.4 Å². The highest BCUT2D eigenvalue weighted by Crippen LogP contribution is 2.28. The molecular weight excluding hydrogens is 278 g/mol. The van der Waals surface area contributed by atoms with Crippen molar-refractivity contribution < 1.29 is 14.6 Å². The minimum absolute atomic E-state index is 0.177. The van der Waals surface area contributed by atoms with Gasteiger partial charge in [-0.3, -0.25) is 0 Å². The lowest BCUT2D eigenvalue weighted by atomic mass is 10.0. The fourth-order valence-electron chi connectivity index (χ4n) is 2.80. The van der Waals surface area contributed by atoms with E-state index < -0.39 is 5.60 Å². The third-order valence-electron chi connectivity index (χ3n) is 3.70. The van der Waals surface area contributed by atoms with Crippen LogP contribution in [0.5, 0.6) is 0 Å². The zero-order valence-electron chi connectivity index (χ0n) is 14.4. The maximum atomic E-state index is 12.4. The van der Waals surface area contributed by atoms with E-state index in [0.29, 0.717) is 0 Å². The highest BCUT2D eigenvalue weighted by atomic mass is 16.6. The second-order valence-corrected chi connectivity index (χ2v) is 6.66. The van der Waals surface area contributed by atoms with Crippen LogP contribution in [0.3, 0.4) is 0 Å². The summed E-state index contributed by atoms with van der Waals surface area (Å²) < 4.78 is 5.55. The van der Waals surface area contributed by atoms with Crippen molar-refractivity contribution in [3.63, 3.8) is 0 Å². The molecule has 2 rings (SSSR count). The summed E-state index contributed by atoms with van der Waals surface area (Å²) >= 11 is 0. The lowest BCUT2D eigenvalue weighted by Crippen LogP contribution is -2.44. The minimum Gasteiger partial charge on any atom is -0.444 e. The molecule has 124 valence electrons. The van der Waals surface area contributed by atoms with Gasteiger partial charge in [-0.25, -0.2) is 4.79 Å². The number of hydrogen-bond acceptors (Lipinski definition) is 3. The Bertz CT molecular complexity index is 453. The Morgan fingerprint density at radius 2 is 1.82 bits per heavy atom. The van der Waals surface area contributed by atoms with Crippen LogP contribution in [0.2, 0.25) is 0 Å². The summed E-state index contributed by atoms with van der Waals surface area (Å²) in [6, 6.07) is 10.9. The van der Waals surface area contributed by atoms with E-state index in [1.54, 1.807) is 0 Å². The first-order chi connectivity index (χ1) is 10.4. The van der Waals surface area contributed by atoms with Crippen LogP contribution in [-0.4, -0.2) is 40.9 Å². The molecule has 2 unspecified atom stereocenters. The van der Waals surface area contributed by atoms with Crippen molar-refractivity contribution >= 4 is 6.09 Å². The van der Waals surface area contributed by atoms with Gasteiger partial charge in [0.1, 0.15) is 5.60 Å². The number of rotatable bonds is 2. The Balaban J connectivity index is 0.00000116. The zero-order valence-corrected chi connectivity index (χ0v) is 14.4. The molecule has 1 aliphatic heterocycles. The lowest BCUT2D eigenvalue weighted by molar-refractivity contribution is 0.0161. The topological polar surface area (TPSA) is 49.8 Å². The zero-order chi connectivity index (χ0) is 16.8. The summed E-state index contributed by atoms with van der Waals surface area (Å²) in [6.45, 7) is 7.85. The highest BCUT2D eigenvalue weighted by molar-refractivity contribution is 5.69. The number of carbonyl (C=O) groups is 1. The van der Waals surface area contributed by atoms with E-state index in [2.05, 4.69) is 19.1 Å². The summed E-state index contributed by atoms with van der Waals surface area (Å²) in [6.07, 6.45) is 2.83. The van der Waals surface area contributed by atoms with Gasteiger partial charge in [0, 0.05) is 19.2 Å². The van der Waals surface area contributed by atoms with Crippen molar-refractivity contribution in [2.24, 2.45) is 0 Å². The summed E-state index contributed by atoms with van der Waals surface area (Å²) in [7, 11) is 1.00. The average Bonchev–Trinajstić information content (AvgIpc) is 2.81. The van der Waals surface area contributed by atoms with Crippen LogP contribution in [0.15, 0.2) is 30.3 Å². The molecule has 2 atom stereocenters. The van der Waals surface area contributed by atoms with Crippen molar-refractivity contribution in [1.82, 2.24) is 4.90 Å². The monoisotopic (exact) mass is 307 g/mol. The second-order valence-electron chi connectivity index (χ2n) is 6.66. The first-order valence-electron chi connectivity index (χ1n) is 7.87. The average molecular weight is 307 g/mol. The van der Waals surface area contributed by atoms with Crippen LogP contribution in [0.4, 0.5) is 4.79 Å². The molecule has 1 aromatic carbocycles. The number of carbonyl (C=O) groups excluding carboxylic acids is 1. The number of aliphatic hydroxyl groups is 1. The normalized spacial score (nSPS) is 21.1. The third kappa shape index (κ3) is 5.34. The molecule has 1 amide bonds. The first kappa shape index (κ1) is 18.5. The summed E-state index contributed by atoms with van der Waals surface area (Å²) in [5.74, 6) is 0. The molecule has 0 saturated carbocycles. The minimum atomic E-state index is -0.434. The van der Waals surface area contributed by atoms with E-state index in [1.807, 2.05) is 43.9 Å². The maximum absolute atomic E-state index is 12.4. The van der Waals surface area contributed by atoms with E-state index in [9.17, 15) is 4.79 Å². The number of benzene rings is 1. The molecule has 22 heavy (non-hydrogen) atoms. The first-order valence-corrected chi connectivity index (χ1v) is 7.87. The van der Waals surface area contributed by atoms with Gasteiger partial charge < -0.3 is 14.7 Å². The van der Waals surface area contributed by atoms with Crippen molar-refractivity contribution in [2.45, 2.75) is 64.6 Å². The SMILES string of the molecule is CC1CCC(Cc2ccccc2)N1C(=O)OC(C)(C)C.CO. The molecule has 0 radical (unpaired) electrons. The molecule has 0 aromatic heterocycles. The van der Waals surface area contributed by atoms with Gasteiger partial charge in [-0.1, -0.05) is 30.3 Å². The summed E-state index contributed by atoms with van der Waals surface area (Å²) in [5, 5.41) is 7.00. The predicted octanol–water partition coefficient (Wildman–Crippen LogP) is 3.63. The van der Waals surface area contributed by atoms with E-state index >= 15 is 0 Å². The molecule has 1 aliphatic rings. The summed E-state index contributed by atoms with van der Waals surface area (Å²) in [4.78, 5) is 14.3. The molecule has 0 bridgehead atoms. The Hall–Kier alpha value is -1.55. The van der Waals surface area contributed by atoms with Gasteiger partial charge in [0.15, 0.2) is 0 Å². The molecule has 1 aromatic rings. The van der Waals surface area contributed by atoms with Gasteiger partial charge in [0.25, 0.3) is 0 Å². The van der Waals surface area contributed by atoms with Crippen LogP contribution in [0, 0.1) is 0 Å². The van der Waals surface area contributed by atoms with Gasteiger partial charge in [-0.05, 0) is 52.5 Å². The predicted molar refractivity (Wildman–Crippen MR) is 88.8 cm³/mol. The lowest BCUT2D eigenvalue weighted by Gasteiger charge is -2.31. The Labute approximate surface area is 134 Å². The summed E-state index contributed by atoms with van der Waals surface area (Å²) in [5.41, 5.74) is 0.844. The van der Waals surface area contributed by atoms with Crippen molar-refractivity contribution in [3.05, 3.63) is 35.9 Å². The molecule has 1 N–H and O–H groups in total. The number of nitrogens with zero attached hydrogens (tertiary/aromatic N) is 1. The van der Waals surface area contributed by atoms with E-state index in [1.165, 1.54) is 5.56 Å². The molecule has 4 heteroatoms. The van der Waals surface area contributed by atoms with Crippen LogP contribution in [0.1, 0.15) is 46.1 Å². The second kappa shape index (κ2) is 8.18. The molecule has 0 aliphatic carbocycles. The number of hydrogen-bond donors (Lipinski definition) is 1. The molecule has 1 saturated heterocycles. The van der Waals surface area contributed by atoms with Crippen molar-refractivity contribution in [2.75, 3.05) is 7.11 Å². The smallest absolute Gasteiger partial charge is 0.410 e. The van der Waals surface area contributed by atoms with Crippen LogP contribution >= 0.6 is 0 Å². The molecule has 4 nitrogen and oxygen atoms in total. The van der Waals surface area contributed by atoms with Crippen molar-refractivity contribution in [1.29, 1.82) is 0 Å². The van der Waals surface area contributed by atoms with Gasteiger partial charge in [0.2, 0.25) is 0 Å². The third-order valence-corrected chi connectivity index (χ3v) is 3.70. The Morgan fingerprint density at radius 1 is 1.23 bits per heavy atom. The molecule has 0 spiro atoms. The maximum Gasteiger partial charge on any atom is 0.410 e. The molecule has 1 fully saturated rings. The van der Waals surface area contributed by atoms with Gasteiger partial charge >= 0.3 is 6.09 Å². The quantitative estimate of drug-likeness (QED) is 0.907. The Kier molecular flexibility index (Phi) is 6.88. The number of ether oxygens (including phenoxy) is 1. The van der Waals surface area contributed by atoms with E-state index in [-0.39, 0.29) is 18.2 Å². The molecular formula is C18H29NO3. The van der Waals surface area contributed by atoms with Crippen LogP contribution < -0.4 is 0 Å². The number of aliphatic hydroxyl groups excluding tert-OH is 1. The van der Waals surface area contributed by atoms with Crippen molar-refractivity contribution in [3.8, 4) is 0 Å². The largest absolute Gasteiger partial charge is 0.444 e. The fourth-order valence-corrected chi connectivity index (χ4v) is 2.80.